The molecule has 142 valence electrons. The second-order valence-corrected chi connectivity index (χ2v) is 7.78. The van der Waals surface area contributed by atoms with Crippen LogP contribution in [0.15, 0.2) is 53.5 Å². The number of nitrogens with zero attached hydrogens (tertiary/aromatic N) is 1. The average molecular weight is 526 g/mol. The van der Waals surface area contributed by atoms with Crippen LogP contribution < -0.4 is 10.6 Å². The van der Waals surface area contributed by atoms with E-state index in [1.807, 2.05) is 36.4 Å². The fraction of sp³-hybridized carbons (Fsp3) is 0.278. The maximum atomic E-state index is 12.1. The quantitative estimate of drug-likeness (QED) is 0.323. The lowest BCUT2D eigenvalue weighted by Crippen LogP contribution is -2.38. The van der Waals surface area contributed by atoms with E-state index >= 15 is 0 Å². The summed E-state index contributed by atoms with van der Waals surface area (Å²) in [4.78, 5) is 4.16. The normalized spacial score (nSPS) is 12.2. The van der Waals surface area contributed by atoms with E-state index in [1.165, 1.54) is 0 Å². The van der Waals surface area contributed by atoms with Gasteiger partial charge in [0.05, 0.1) is 0 Å². The van der Waals surface area contributed by atoms with E-state index in [2.05, 4.69) is 15.6 Å². The zero-order valence-corrected chi connectivity index (χ0v) is 19.0. The Morgan fingerprint density at radius 3 is 2.50 bits per heavy atom. The van der Waals surface area contributed by atoms with Crippen molar-refractivity contribution in [1.29, 1.82) is 0 Å². The molecular weight excluding hydrogens is 504 g/mol. The van der Waals surface area contributed by atoms with Crippen LogP contribution >= 0.6 is 47.2 Å². The molecule has 0 aliphatic rings. The third-order valence-corrected chi connectivity index (χ3v) is 5.38. The van der Waals surface area contributed by atoms with E-state index < -0.39 is 10.8 Å². The summed E-state index contributed by atoms with van der Waals surface area (Å²) in [5, 5.41) is 7.56. The molecule has 2 rings (SSSR count). The van der Waals surface area contributed by atoms with Crippen molar-refractivity contribution in [2.24, 2.45) is 4.99 Å². The van der Waals surface area contributed by atoms with Crippen LogP contribution in [0.5, 0.6) is 0 Å². The first-order valence-electron chi connectivity index (χ1n) is 7.86. The van der Waals surface area contributed by atoms with Crippen molar-refractivity contribution in [3.63, 3.8) is 0 Å². The SMILES string of the molecule is CN=C(NCCS(=O)Cc1ccccc1)NCc1ccc(Cl)cc1Cl.I. The molecule has 2 N–H and O–H groups in total. The lowest BCUT2D eigenvalue weighted by Gasteiger charge is -2.12. The monoisotopic (exact) mass is 525 g/mol. The third-order valence-electron chi connectivity index (χ3n) is 3.48. The Kier molecular flexibility index (Phi) is 11.2. The van der Waals surface area contributed by atoms with Gasteiger partial charge in [0.2, 0.25) is 0 Å². The van der Waals surface area contributed by atoms with Crippen molar-refractivity contribution in [3.05, 3.63) is 69.7 Å². The van der Waals surface area contributed by atoms with Gasteiger partial charge in [-0.15, -0.1) is 24.0 Å². The predicted octanol–water partition coefficient (Wildman–Crippen LogP) is 4.23. The smallest absolute Gasteiger partial charge is 0.191 e. The van der Waals surface area contributed by atoms with Gasteiger partial charge in [0.25, 0.3) is 0 Å². The Morgan fingerprint density at radius 2 is 1.85 bits per heavy atom. The molecule has 0 radical (unpaired) electrons. The molecule has 0 bridgehead atoms. The fourth-order valence-corrected chi connectivity index (χ4v) is 3.69. The fourth-order valence-electron chi connectivity index (χ4n) is 2.18. The van der Waals surface area contributed by atoms with E-state index in [-0.39, 0.29) is 24.0 Å². The van der Waals surface area contributed by atoms with Crippen LogP contribution in [-0.2, 0) is 23.1 Å². The Morgan fingerprint density at radius 1 is 1.12 bits per heavy atom. The largest absolute Gasteiger partial charge is 0.355 e. The summed E-state index contributed by atoms with van der Waals surface area (Å²) in [7, 11) is 0.778. The van der Waals surface area contributed by atoms with Gasteiger partial charge in [-0.05, 0) is 23.3 Å². The number of hydrogen-bond acceptors (Lipinski definition) is 2. The summed E-state index contributed by atoms with van der Waals surface area (Å²) in [6.45, 7) is 1.11. The number of benzene rings is 2. The van der Waals surface area contributed by atoms with Crippen LogP contribution in [0, 0.1) is 0 Å². The Balaban J connectivity index is 0.00000338. The summed E-state index contributed by atoms with van der Waals surface area (Å²) in [6, 6.07) is 15.2. The highest BCUT2D eigenvalue weighted by molar-refractivity contribution is 14.0. The van der Waals surface area contributed by atoms with Gasteiger partial charge in [-0.2, -0.15) is 0 Å². The van der Waals surface area contributed by atoms with Gasteiger partial charge >= 0.3 is 0 Å². The number of rotatable bonds is 7. The number of guanidine groups is 1. The standard InChI is InChI=1S/C18H21Cl2N3OS.HI/c1-21-18(23-12-15-7-8-16(19)11-17(15)20)22-9-10-25(24)13-14-5-3-2-4-6-14;/h2-8,11H,9-10,12-13H2,1H3,(H2,21,22,23);1H. The lowest BCUT2D eigenvalue weighted by atomic mass is 10.2. The predicted molar refractivity (Wildman–Crippen MR) is 123 cm³/mol. The Labute approximate surface area is 184 Å². The molecule has 0 aliphatic carbocycles. The highest BCUT2D eigenvalue weighted by Gasteiger charge is 2.05. The molecule has 4 nitrogen and oxygen atoms in total. The van der Waals surface area contributed by atoms with Gasteiger partial charge in [-0.3, -0.25) is 9.20 Å². The number of nitrogens with one attached hydrogen (secondary N) is 2. The molecular formula is C18H22Cl2IN3OS. The number of aliphatic imine (C=N–C) groups is 1. The van der Waals surface area contributed by atoms with Gasteiger partial charge in [0.1, 0.15) is 0 Å². The molecule has 1 atom stereocenters. The third kappa shape index (κ3) is 8.24. The van der Waals surface area contributed by atoms with Crippen LogP contribution in [0.4, 0.5) is 0 Å². The minimum atomic E-state index is -0.917. The van der Waals surface area contributed by atoms with Crippen molar-refractivity contribution in [1.82, 2.24) is 10.6 Å². The molecule has 1 unspecified atom stereocenters. The van der Waals surface area contributed by atoms with Crippen LogP contribution in [0.2, 0.25) is 10.0 Å². The van der Waals surface area contributed by atoms with Crippen molar-refractivity contribution < 1.29 is 4.21 Å². The van der Waals surface area contributed by atoms with Gasteiger partial charge in [0, 0.05) is 52.5 Å². The highest BCUT2D eigenvalue weighted by Crippen LogP contribution is 2.20. The van der Waals surface area contributed by atoms with Gasteiger partial charge in [-0.25, -0.2) is 0 Å². The minimum absolute atomic E-state index is 0. The minimum Gasteiger partial charge on any atom is -0.355 e. The molecule has 2 aromatic rings. The summed E-state index contributed by atoms with van der Waals surface area (Å²) in [6.07, 6.45) is 0. The molecule has 0 saturated carbocycles. The lowest BCUT2D eigenvalue weighted by molar-refractivity contribution is 0.680. The molecule has 0 spiro atoms. The van der Waals surface area contributed by atoms with Crippen molar-refractivity contribution in [2.75, 3.05) is 19.3 Å². The van der Waals surface area contributed by atoms with E-state index in [0.717, 1.165) is 11.1 Å². The number of hydrogen-bond donors (Lipinski definition) is 2. The molecule has 8 heteroatoms. The molecule has 0 heterocycles. The molecule has 0 fully saturated rings. The molecule has 0 saturated heterocycles. The van der Waals surface area contributed by atoms with Gasteiger partial charge in [0.15, 0.2) is 5.96 Å². The van der Waals surface area contributed by atoms with E-state index in [0.29, 0.717) is 40.6 Å². The van der Waals surface area contributed by atoms with E-state index in [4.69, 9.17) is 23.2 Å². The zero-order valence-electron chi connectivity index (χ0n) is 14.4. The Bertz CT molecular complexity index is 744. The van der Waals surface area contributed by atoms with Gasteiger partial charge in [-0.1, -0.05) is 59.6 Å². The highest BCUT2D eigenvalue weighted by atomic mass is 127. The summed E-state index contributed by atoms with van der Waals surface area (Å²) < 4.78 is 12.1. The maximum absolute atomic E-state index is 12.1. The number of halogens is 3. The van der Waals surface area contributed by atoms with Crippen molar-refractivity contribution in [3.8, 4) is 0 Å². The van der Waals surface area contributed by atoms with Crippen molar-refractivity contribution in [2.45, 2.75) is 12.3 Å². The molecule has 0 aromatic heterocycles. The first-order chi connectivity index (χ1) is 12.1. The average Bonchev–Trinajstić information content (AvgIpc) is 2.60. The first kappa shape index (κ1) is 23.2. The molecule has 0 amide bonds. The van der Waals surface area contributed by atoms with Crippen LogP contribution in [0.25, 0.3) is 0 Å². The van der Waals surface area contributed by atoms with Gasteiger partial charge < -0.3 is 10.6 Å². The summed E-state index contributed by atoms with van der Waals surface area (Å²) in [5.74, 6) is 1.76. The first-order valence-corrected chi connectivity index (χ1v) is 10.1. The summed E-state index contributed by atoms with van der Waals surface area (Å²) >= 11 is 12.0. The van der Waals surface area contributed by atoms with E-state index in [9.17, 15) is 4.21 Å². The second kappa shape index (κ2) is 12.5. The molecule has 26 heavy (non-hydrogen) atoms. The second-order valence-electron chi connectivity index (χ2n) is 5.36. The zero-order chi connectivity index (χ0) is 18.1. The molecule has 0 aliphatic heterocycles. The topological polar surface area (TPSA) is 53.5 Å². The summed E-state index contributed by atoms with van der Waals surface area (Å²) in [5.41, 5.74) is 2.02. The van der Waals surface area contributed by atoms with Crippen LogP contribution in [0.3, 0.4) is 0 Å². The van der Waals surface area contributed by atoms with Crippen LogP contribution in [0.1, 0.15) is 11.1 Å². The van der Waals surface area contributed by atoms with E-state index in [1.54, 1.807) is 19.2 Å². The van der Waals surface area contributed by atoms with Crippen LogP contribution in [-0.4, -0.2) is 29.5 Å². The van der Waals surface area contributed by atoms with Crippen molar-refractivity contribution >= 4 is 63.9 Å². The maximum Gasteiger partial charge on any atom is 0.191 e. The Hall–Kier alpha value is -0.830. The molecule has 2 aromatic carbocycles.